The lowest BCUT2D eigenvalue weighted by atomic mass is 10.1. The molecule has 0 aliphatic rings. The quantitative estimate of drug-likeness (QED) is 0.612. The third-order valence-electron chi connectivity index (χ3n) is 3.83. The maximum Gasteiger partial charge on any atom is 0.290 e. The Bertz CT molecular complexity index is 1040. The Labute approximate surface area is 148 Å². The monoisotopic (exact) mass is 351 g/mol. The van der Waals surface area contributed by atoms with Gasteiger partial charge in [-0.05, 0) is 24.3 Å². The molecule has 0 saturated carbocycles. The van der Waals surface area contributed by atoms with Gasteiger partial charge < -0.3 is 4.90 Å². The molecule has 0 fully saturated rings. The van der Waals surface area contributed by atoms with Gasteiger partial charge in [-0.25, -0.2) is 5.10 Å². The SMILES string of the molecule is CN(C)c1cccc(C(=O)NNC(=O)c2n[nH]c(=O)c3ccccc23)c1. The van der Waals surface area contributed by atoms with Crippen LogP contribution in [0.4, 0.5) is 5.69 Å². The summed E-state index contributed by atoms with van der Waals surface area (Å²) < 4.78 is 0. The molecule has 8 nitrogen and oxygen atoms in total. The minimum atomic E-state index is -0.630. The molecule has 0 radical (unpaired) electrons. The molecule has 26 heavy (non-hydrogen) atoms. The first-order valence-electron chi connectivity index (χ1n) is 7.83. The number of carbonyl (C=O) groups is 2. The second kappa shape index (κ2) is 7.06. The minimum absolute atomic E-state index is 0.0162. The van der Waals surface area contributed by atoms with Crippen molar-refractivity contribution in [1.82, 2.24) is 21.0 Å². The topological polar surface area (TPSA) is 107 Å². The summed E-state index contributed by atoms with van der Waals surface area (Å²) in [6.45, 7) is 0. The van der Waals surface area contributed by atoms with Crippen molar-refractivity contribution in [3.63, 3.8) is 0 Å². The molecule has 0 saturated heterocycles. The molecule has 0 aliphatic heterocycles. The van der Waals surface area contributed by atoms with E-state index in [2.05, 4.69) is 21.0 Å². The molecule has 0 spiro atoms. The maximum absolute atomic E-state index is 12.4. The number of fused-ring (bicyclic) bond motifs is 1. The number of carbonyl (C=O) groups excluding carboxylic acids is 2. The summed E-state index contributed by atoms with van der Waals surface area (Å²) in [6.07, 6.45) is 0. The standard InChI is InChI=1S/C18H17N5O3/c1-23(2)12-7-5-6-11(10-12)16(24)20-22-18(26)15-13-8-3-4-9-14(13)17(25)21-19-15/h3-10H,1-2H3,(H,20,24)(H,21,25)(H,22,26). The lowest BCUT2D eigenvalue weighted by Crippen LogP contribution is -2.42. The summed E-state index contributed by atoms with van der Waals surface area (Å²) in [4.78, 5) is 38.2. The minimum Gasteiger partial charge on any atom is -0.378 e. The molecular weight excluding hydrogens is 334 g/mol. The van der Waals surface area contributed by atoms with Crippen LogP contribution in [-0.2, 0) is 0 Å². The zero-order valence-electron chi connectivity index (χ0n) is 14.2. The van der Waals surface area contributed by atoms with Gasteiger partial charge in [0.25, 0.3) is 17.4 Å². The zero-order chi connectivity index (χ0) is 18.7. The van der Waals surface area contributed by atoms with Crippen LogP contribution >= 0.6 is 0 Å². The fourth-order valence-electron chi connectivity index (χ4n) is 2.46. The normalized spacial score (nSPS) is 10.4. The summed E-state index contributed by atoms with van der Waals surface area (Å²) in [7, 11) is 3.73. The van der Waals surface area contributed by atoms with Crippen molar-refractivity contribution in [1.29, 1.82) is 0 Å². The van der Waals surface area contributed by atoms with Crippen LogP contribution in [0.2, 0.25) is 0 Å². The van der Waals surface area contributed by atoms with Crippen molar-refractivity contribution < 1.29 is 9.59 Å². The zero-order valence-corrected chi connectivity index (χ0v) is 14.2. The molecule has 8 heteroatoms. The van der Waals surface area contributed by atoms with Crippen molar-refractivity contribution in [2.45, 2.75) is 0 Å². The average Bonchev–Trinajstić information content (AvgIpc) is 2.66. The Kier molecular flexibility index (Phi) is 4.66. The maximum atomic E-state index is 12.4. The van der Waals surface area contributed by atoms with Crippen molar-refractivity contribution in [3.8, 4) is 0 Å². The van der Waals surface area contributed by atoms with E-state index < -0.39 is 11.8 Å². The summed E-state index contributed by atoms with van der Waals surface area (Å²) in [6, 6.07) is 13.6. The highest BCUT2D eigenvalue weighted by Gasteiger charge is 2.15. The molecule has 132 valence electrons. The predicted molar refractivity (Wildman–Crippen MR) is 98.1 cm³/mol. The Morgan fingerprint density at radius 1 is 0.962 bits per heavy atom. The largest absolute Gasteiger partial charge is 0.378 e. The van der Waals surface area contributed by atoms with Crippen molar-refractivity contribution in [2.24, 2.45) is 0 Å². The number of nitrogens with zero attached hydrogens (tertiary/aromatic N) is 2. The average molecular weight is 351 g/mol. The molecule has 3 rings (SSSR count). The van der Waals surface area contributed by atoms with Crippen LogP contribution in [0.15, 0.2) is 53.3 Å². The highest BCUT2D eigenvalue weighted by molar-refractivity contribution is 6.06. The molecule has 2 amide bonds. The number of hydrogen-bond acceptors (Lipinski definition) is 5. The molecule has 0 unspecified atom stereocenters. The van der Waals surface area contributed by atoms with Crippen LogP contribution < -0.4 is 21.3 Å². The van der Waals surface area contributed by atoms with E-state index in [0.717, 1.165) is 5.69 Å². The lowest BCUT2D eigenvalue weighted by molar-refractivity contribution is 0.0844. The van der Waals surface area contributed by atoms with Gasteiger partial charge in [0.15, 0.2) is 5.69 Å². The van der Waals surface area contributed by atoms with E-state index >= 15 is 0 Å². The van der Waals surface area contributed by atoms with Crippen molar-refractivity contribution in [2.75, 3.05) is 19.0 Å². The number of aromatic amines is 1. The number of amides is 2. The number of rotatable bonds is 3. The number of aromatic nitrogens is 2. The molecule has 2 aromatic carbocycles. The Balaban J connectivity index is 1.77. The summed E-state index contributed by atoms with van der Waals surface area (Å²) >= 11 is 0. The lowest BCUT2D eigenvalue weighted by Gasteiger charge is -2.13. The predicted octanol–water partition coefficient (Wildman–Crippen LogP) is 1.06. The molecule has 1 aromatic heterocycles. The Hall–Kier alpha value is -3.68. The van der Waals surface area contributed by atoms with Gasteiger partial charge >= 0.3 is 0 Å². The summed E-state index contributed by atoms with van der Waals surface area (Å²) in [5.41, 5.74) is 5.56. The molecular formula is C18H17N5O3. The second-order valence-corrected chi connectivity index (χ2v) is 5.80. The van der Waals surface area contributed by atoms with Gasteiger partial charge in [0.2, 0.25) is 0 Å². The van der Waals surface area contributed by atoms with Crippen LogP contribution in [-0.4, -0.2) is 36.1 Å². The third kappa shape index (κ3) is 3.39. The molecule has 1 heterocycles. The van der Waals surface area contributed by atoms with Gasteiger partial charge in [0, 0.05) is 30.7 Å². The smallest absolute Gasteiger partial charge is 0.290 e. The highest BCUT2D eigenvalue weighted by Crippen LogP contribution is 2.14. The summed E-state index contributed by atoms with van der Waals surface area (Å²) in [5, 5.41) is 6.81. The van der Waals surface area contributed by atoms with E-state index in [1.54, 1.807) is 42.5 Å². The van der Waals surface area contributed by atoms with E-state index in [1.807, 2.05) is 25.1 Å². The molecule has 3 N–H and O–H groups in total. The van der Waals surface area contributed by atoms with Gasteiger partial charge in [-0.2, -0.15) is 5.10 Å². The van der Waals surface area contributed by atoms with Gasteiger partial charge in [0.1, 0.15) is 0 Å². The second-order valence-electron chi connectivity index (χ2n) is 5.80. The van der Waals surface area contributed by atoms with E-state index in [1.165, 1.54) is 0 Å². The van der Waals surface area contributed by atoms with Gasteiger partial charge in [-0.15, -0.1) is 0 Å². The van der Waals surface area contributed by atoms with Gasteiger partial charge in [-0.3, -0.25) is 25.2 Å². The van der Waals surface area contributed by atoms with Crippen LogP contribution in [0.25, 0.3) is 10.8 Å². The number of anilines is 1. The van der Waals surface area contributed by atoms with Gasteiger partial charge in [0.05, 0.1) is 5.39 Å². The number of hydrogen-bond donors (Lipinski definition) is 3. The fraction of sp³-hybridized carbons (Fsp3) is 0.111. The van der Waals surface area contributed by atoms with Crippen LogP contribution in [0, 0.1) is 0 Å². The first kappa shape index (κ1) is 17.2. The fourth-order valence-corrected chi connectivity index (χ4v) is 2.46. The number of benzene rings is 2. The van der Waals surface area contributed by atoms with Crippen molar-refractivity contribution in [3.05, 3.63) is 70.1 Å². The third-order valence-corrected chi connectivity index (χ3v) is 3.83. The first-order valence-corrected chi connectivity index (χ1v) is 7.83. The first-order chi connectivity index (χ1) is 12.5. The van der Waals surface area contributed by atoms with E-state index in [4.69, 9.17) is 0 Å². The highest BCUT2D eigenvalue weighted by atomic mass is 16.2. The molecule has 0 atom stereocenters. The van der Waals surface area contributed by atoms with Crippen molar-refractivity contribution >= 4 is 28.3 Å². The van der Waals surface area contributed by atoms with Gasteiger partial charge in [-0.1, -0.05) is 24.3 Å². The van der Waals surface area contributed by atoms with Crippen LogP contribution in [0.1, 0.15) is 20.8 Å². The van der Waals surface area contributed by atoms with E-state index in [-0.39, 0.29) is 11.3 Å². The van der Waals surface area contributed by atoms with E-state index in [9.17, 15) is 14.4 Å². The number of H-pyrrole nitrogens is 1. The molecule has 3 aromatic rings. The Morgan fingerprint density at radius 2 is 1.65 bits per heavy atom. The summed E-state index contributed by atoms with van der Waals surface area (Å²) in [5.74, 6) is -1.09. The van der Waals surface area contributed by atoms with Crippen LogP contribution in [0.3, 0.4) is 0 Å². The van der Waals surface area contributed by atoms with E-state index in [0.29, 0.717) is 16.3 Å². The molecule has 0 aliphatic carbocycles. The number of nitrogens with one attached hydrogen (secondary N) is 3. The molecule has 0 bridgehead atoms. The number of hydrazine groups is 1. The Morgan fingerprint density at radius 3 is 2.38 bits per heavy atom. The van der Waals surface area contributed by atoms with Crippen LogP contribution in [0.5, 0.6) is 0 Å².